The number of ether oxygens (including phenoxy) is 3. The van der Waals surface area contributed by atoms with Crippen LogP contribution in [0.2, 0.25) is 0 Å². The number of carbonyl (C=O) groups excluding carboxylic acids is 3. The molecule has 6 nitrogen and oxygen atoms in total. The molecule has 0 spiro atoms. The Hall–Kier alpha value is -3.41. The highest BCUT2D eigenvalue weighted by molar-refractivity contribution is 5.71. The Kier molecular flexibility index (Phi) is 61.2. The molecule has 76 heavy (non-hydrogen) atoms. The Bertz CT molecular complexity index is 1450. The van der Waals surface area contributed by atoms with Gasteiger partial charge < -0.3 is 14.2 Å². The molecule has 0 aromatic heterocycles. The van der Waals surface area contributed by atoms with E-state index in [2.05, 4.69) is 106 Å². The number of unbranched alkanes of at least 4 members (excludes halogenated alkanes) is 34. The average molecular weight is 1060 g/mol. The summed E-state index contributed by atoms with van der Waals surface area (Å²) in [6, 6.07) is 0. The van der Waals surface area contributed by atoms with Crippen molar-refractivity contribution in [1.82, 2.24) is 0 Å². The Morgan fingerprint density at radius 1 is 0.276 bits per heavy atom. The van der Waals surface area contributed by atoms with Crippen molar-refractivity contribution in [2.24, 2.45) is 0 Å². The van der Waals surface area contributed by atoms with E-state index in [1.54, 1.807) is 0 Å². The molecular weight excluding hydrogens is 937 g/mol. The molecule has 0 heterocycles. The van der Waals surface area contributed by atoms with Crippen molar-refractivity contribution < 1.29 is 28.6 Å². The molecule has 0 aromatic carbocycles. The highest BCUT2D eigenvalue weighted by Crippen LogP contribution is 2.17. The molecule has 0 aromatic rings. The second kappa shape index (κ2) is 64.1. The second-order valence-electron chi connectivity index (χ2n) is 21.6. The first-order valence-electron chi connectivity index (χ1n) is 32.6. The van der Waals surface area contributed by atoms with Gasteiger partial charge in [0.1, 0.15) is 13.2 Å². The molecule has 0 radical (unpaired) electrons. The van der Waals surface area contributed by atoms with Gasteiger partial charge in [-0.05, 0) is 103 Å². The molecule has 0 bridgehead atoms. The van der Waals surface area contributed by atoms with Crippen molar-refractivity contribution in [2.75, 3.05) is 13.2 Å². The molecule has 0 fully saturated rings. The van der Waals surface area contributed by atoms with Crippen LogP contribution in [-0.4, -0.2) is 37.2 Å². The van der Waals surface area contributed by atoms with Gasteiger partial charge in [-0.25, -0.2) is 0 Å². The maximum absolute atomic E-state index is 12.8. The van der Waals surface area contributed by atoms with Crippen molar-refractivity contribution in [3.63, 3.8) is 0 Å². The first-order chi connectivity index (χ1) is 37.5. The summed E-state index contributed by atoms with van der Waals surface area (Å²) in [5, 5.41) is 0. The molecule has 0 N–H and O–H groups in total. The zero-order chi connectivity index (χ0) is 55.0. The van der Waals surface area contributed by atoms with Gasteiger partial charge in [0.2, 0.25) is 0 Å². The van der Waals surface area contributed by atoms with Crippen LogP contribution in [0.25, 0.3) is 0 Å². The van der Waals surface area contributed by atoms with Gasteiger partial charge in [-0.2, -0.15) is 0 Å². The van der Waals surface area contributed by atoms with Gasteiger partial charge in [0, 0.05) is 19.3 Å². The van der Waals surface area contributed by atoms with Crippen LogP contribution in [0.5, 0.6) is 0 Å². The highest BCUT2D eigenvalue weighted by Gasteiger charge is 2.19. The van der Waals surface area contributed by atoms with E-state index in [0.29, 0.717) is 19.3 Å². The number of hydrogen-bond acceptors (Lipinski definition) is 6. The second-order valence-corrected chi connectivity index (χ2v) is 21.6. The molecule has 1 atom stereocenters. The van der Waals surface area contributed by atoms with Gasteiger partial charge in [-0.15, -0.1) is 0 Å². The normalized spacial score (nSPS) is 12.6. The zero-order valence-corrected chi connectivity index (χ0v) is 50.3. The lowest BCUT2D eigenvalue weighted by molar-refractivity contribution is -0.167. The van der Waals surface area contributed by atoms with Crippen LogP contribution >= 0.6 is 0 Å². The molecule has 0 amide bonds. The topological polar surface area (TPSA) is 78.9 Å². The summed E-state index contributed by atoms with van der Waals surface area (Å²) in [5.74, 6) is -0.894. The Morgan fingerprint density at radius 3 is 0.816 bits per heavy atom. The van der Waals surface area contributed by atoms with Gasteiger partial charge in [0.05, 0.1) is 0 Å². The van der Waals surface area contributed by atoms with Crippen LogP contribution in [0.1, 0.15) is 323 Å². The SMILES string of the molecule is CC/C=C\C/C=C\C/C=C\C/C=C\CCCCCCCCCCCCCCCCCCCCCCC(=O)OCC(COC(=O)CCCCCCC/C=C\CCCC)OC(=O)CCCCCCC/C=C\C/C=C\CCCC. The van der Waals surface area contributed by atoms with Gasteiger partial charge in [0.25, 0.3) is 0 Å². The summed E-state index contributed by atoms with van der Waals surface area (Å²) in [4.78, 5) is 38.2. The van der Waals surface area contributed by atoms with E-state index in [1.165, 1.54) is 167 Å². The fourth-order valence-electron chi connectivity index (χ4n) is 9.20. The van der Waals surface area contributed by atoms with Crippen molar-refractivity contribution >= 4 is 17.9 Å². The Morgan fingerprint density at radius 2 is 0.513 bits per heavy atom. The monoisotopic (exact) mass is 1060 g/mol. The molecule has 0 aliphatic carbocycles. The zero-order valence-electron chi connectivity index (χ0n) is 50.3. The number of allylic oxidation sites excluding steroid dienone is 14. The molecule has 0 saturated carbocycles. The maximum Gasteiger partial charge on any atom is 0.306 e. The van der Waals surface area contributed by atoms with Crippen molar-refractivity contribution in [3.8, 4) is 0 Å². The lowest BCUT2D eigenvalue weighted by Crippen LogP contribution is -2.30. The quantitative estimate of drug-likeness (QED) is 0.0261. The van der Waals surface area contributed by atoms with Crippen molar-refractivity contribution in [1.29, 1.82) is 0 Å². The lowest BCUT2D eigenvalue weighted by atomic mass is 10.0. The van der Waals surface area contributed by atoms with E-state index in [0.717, 1.165) is 116 Å². The predicted molar refractivity (Wildman–Crippen MR) is 330 cm³/mol. The summed E-state index contributed by atoms with van der Waals surface area (Å²) < 4.78 is 16.9. The summed E-state index contributed by atoms with van der Waals surface area (Å²) in [5.41, 5.74) is 0. The molecule has 438 valence electrons. The standard InChI is InChI=1S/C70H122O6/c1-4-7-10-13-16-19-22-24-26-27-28-29-30-31-32-33-34-35-36-37-38-39-40-41-42-43-44-46-48-51-54-57-60-63-69(72)75-66-67(65-74-68(71)62-59-56-53-50-47-21-18-15-12-9-6-3)76-70(73)64-61-58-55-52-49-45-25-23-20-17-14-11-8-5-2/h7,10,14-19,23-26,28-29,67H,4-6,8-9,11-13,20-22,27,30-66H2,1-3H3/b10-7-,17-14-,18-15-,19-16-,25-23-,26-24-,29-28-. The fourth-order valence-corrected chi connectivity index (χ4v) is 9.20. The summed E-state index contributed by atoms with van der Waals surface area (Å²) in [6.07, 6.45) is 84.7. The minimum Gasteiger partial charge on any atom is -0.462 e. The molecule has 0 aliphatic rings. The van der Waals surface area contributed by atoms with E-state index in [1.807, 2.05) is 0 Å². The highest BCUT2D eigenvalue weighted by atomic mass is 16.6. The van der Waals surface area contributed by atoms with Crippen LogP contribution in [0.4, 0.5) is 0 Å². The van der Waals surface area contributed by atoms with E-state index < -0.39 is 6.10 Å². The van der Waals surface area contributed by atoms with Crippen molar-refractivity contribution in [3.05, 3.63) is 85.1 Å². The number of hydrogen-bond donors (Lipinski definition) is 0. The van der Waals surface area contributed by atoms with Gasteiger partial charge >= 0.3 is 17.9 Å². The Balaban J connectivity index is 4.08. The third kappa shape index (κ3) is 61.4. The van der Waals surface area contributed by atoms with Gasteiger partial charge in [0.15, 0.2) is 6.10 Å². The van der Waals surface area contributed by atoms with Crippen molar-refractivity contribution in [2.45, 2.75) is 329 Å². The maximum atomic E-state index is 12.8. The third-order valence-corrected chi connectivity index (χ3v) is 14.1. The van der Waals surface area contributed by atoms with E-state index >= 15 is 0 Å². The van der Waals surface area contributed by atoms with Crippen LogP contribution in [0, 0.1) is 0 Å². The number of carbonyl (C=O) groups is 3. The molecule has 0 aliphatic heterocycles. The van der Waals surface area contributed by atoms with Crippen LogP contribution in [0.3, 0.4) is 0 Å². The first-order valence-corrected chi connectivity index (χ1v) is 32.6. The molecule has 6 heteroatoms. The number of esters is 3. The van der Waals surface area contributed by atoms with E-state index in [-0.39, 0.29) is 31.1 Å². The molecule has 1 unspecified atom stereocenters. The van der Waals surface area contributed by atoms with Gasteiger partial charge in [-0.3, -0.25) is 14.4 Å². The fraction of sp³-hybridized carbons (Fsp3) is 0.757. The van der Waals surface area contributed by atoms with Crippen LogP contribution in [0.15, 0.2) is 85.1 Å². The first kappa shape index (κ1) is 72.6. The van der Waals surface area contributed by atoms with Crippen LogP contribution < -0.4 is 0 Å². The summed E-state index contributed by atoms with van der Waals surface area (Å²) in [6.45, 7) is 6.45. The van der Waals surface area contributed by atoms with Gasteiger partial charge in [-0.1, -0.05) is 286 Å². The van der Waals surface area contributed by atoms with Crippen LogP contribution in [-0.2, 0) is 28.6 Å². The molecule has 0 rings (SSSR count). The smallest absolute Gasteiger partial charge is 0.306 e. The summed E-state index contributed by atoms with van der Waals surface area (Å²) in [7, 11) is 0. The molecule has 0 saturated heterocycles. The molecular formula is C70H122O6. The average Bonchev–Trinajstić information content (AvgIpc) is 3.42. The predicted octanol–water partition coefficient (Wildman–Crippen LogP) is 22.3. The largest absolute Gasteiger partial charge is 0.462 e. The van der Waals surface area contributed by atoms with E-state index in [4.69, 9.17) is 14.2 Å². The third-order valence-electron chi connectivity index (χ3n) is 14.1. The van der Waals surface area contributed by atoms with E-state index in [9.17, 15) is 14.4 Å². The number of rotatable bonds is 59. The Labute approximate surface area is 471 Å². The minimum atomic E-state index is -0.784. The summed E-state index contributed by atoms with van der Waals surface area (Å²) >= 11 is 0. The lowest BCUT2D eigenvalue weighted by Gasteiger charge is -2.18. The minimum absolute atomic E-state index is 0.0813.